The Morgan fingerprint density at radius 1 is 1.20 bits per heavy atom. The number of carbonyl (C=O) groups excluding carboxylic acids is 1. The fourth-order valence-electron chi connectivity index (χ4n) is 2.06. The number of hydrogen-bond donors (Lipinski definition) is 3. The molecule has 1 aromatic heterocycles. The average Bonchev–Trinajstić information content (AvgIpc) is 2.91. The molecule has 20 heavy (non-hydrogen) atoms. The summed E-state index contributed by atoms with van der Waals surface area (Å²) in [4.78, 5) is 15.3. The van der Waals surface area contributed by atoms with Crippen LogP contribution in [-0.4, -0.2) is 16.0 Å². The van der Waals surface area contributed by atoms with E-state index in [0.29, 0.717) is 11.3 Å². The number of H-pyrrole nitrogens is 1. The molecule has 4 nitrogen and oxygen atoms in total. The highest BCUT2D eigenvalue weighted by Crippen LogP contribution is 2.27. The SMILES string of the molecule is O=C(Nc1ccc(Cl)c(O)c1)c1cccc2cc[nH]c12. The second kappa shape index (κ2) is 4.90. The minimum absolute atomic E-state index is 0.0671. The van der Waals surface area contributed by atoms with Crippen LogP contribution in [0.15, 0.2) is 48.7 Å². The molecule has 1 heterocycles. The Hall–Kier alpha value is -2.46. The maximum atomic E-state index is 12.3. The molecule has 3 aromatic rings. The first kappa shape index (κ1) is 12.6. The van der Waals surface area contributed by atoms with Crippen molar-refractivity contribution in [2.24, 2.45) is 0 Å². The molecule has 0 saturated heterocycles. The van der Waals surface area contributed by atoms with E-state index in [2.05, 4.69) is 10.3 Å². The van der Waals surface area contributed by atoms with Crippen molar-refractivity contribution in [3.05, 3.63) is 59.2 Å². The Labute approximate surface area is 120 Å². The summed E-state index contributed by atoms with van der Waals surface area (Å²) in [6.07, 6.45) is 1.79. The summed E-state index contributed by atoms with van der Waals surface area (Å²) in [6, 6.07) is 12.0. The zero-order valence-electron chi connectivity index (χ0n) is 10.4. The largest absolute Gasteiger partial charge is 0.506 e. The quantitative estimate of drug-likeness (QED) is 0.671. The lowest BCUT2D eigenvalue weighted by atomic mass is 10.1. The summed E-state index contributed by atoms with van der Waals surface area (Å²) in [7, 11) is 0. The van der Waals surface area contributed by atoms with Crippen molar-refractivity contribution in [2.75, 3.05) is 5.32 Å². The van der Waals surface area contributed by atoms with Gasteiger partial charge in [0.1, 0.15) is 5.75 Å². The van der Waals surface area contributed by atoms with Crippen LogP contribution in [0.3, 0.4) is 0 Å². The van der Waals surface area contributed by atoms with E-state index < -0.39 is 0 Å². The van der Waals surface area contributed by atoms with Gasteiger partial charge in [-0.1, -0.05) is 23.7 Å². The number of carbonyl (C=O) groups is 1. The third-order valence-electron chi connectivity index (χ3n) is 3.04. The third-order valence-corrected chi connectivity index (χ3v) is 3.36. The lowest BCUT2D eigenvalue weighted by Crippen LogP contribution is -2.12. The van der Waals surface area contributed by atoms with Crippen LogP contribution < -0.4 is 5.32 Å². The van der Waals surface area contributed by atoms with Gasteiger partial charge in [-0.2, -0.15) is 0 Å². The molecule has 0 aliphatic rings. The van der Waals surface area contributed by atoms with Crippen LogP contribution in [0.4, 0.5) is 5.69 Å². The van der Waals surface area contributed by atoms with Crippen molar-refractivity contribution in [3.8, 4) is 5.75 Å². The highest BCUT2D eigenvalue weighted by molar-refractivity contribution is 6.32. The van der Waals surface area contributed by atoms with Crippen molar-refractivity contribution in [1.29, 1.82) is 0 Å². The first-order valence-corrected chi connectivity index (χ1v) is 6.39. The summed E-state index contributed by atoms with van der Waals surface area (Å²) in [6.45, 7) is 0. The number of benzene rings is 2. The number of anilines is 1. The Morgan fingerprint density at radius 2 is 2.05 bits per heavy atom. The first-order chi connectivity index (χ1) is 9.65. The van der Waals surface area contributed by atoms with Crippen molar-refractivity contribution in [3.63, 3.8) is 0 Å². The van der Waals surface area contributed by atoms with Gasteiger partial charge >= 0.3 is 0 Å². The predicted molar refractivity (Wildman–Crippen MR) is 79.4 cm³/mol. The number of aromatic hydroxyl groups is 1. The lowest BCUT2D eigenvalue weighted by Gasteiger charge is -2.07. The maximum absolute atomic E-state index is 12.3. The van der Waals surface area contributed by atoms with E-state index in [0.717, 1.165) is 10.9 Å². The normalized spacial score (nSPS) is 10.7. The van der Waals surface area contributed by atoms with Gasteiger partial charge in [0, 0.05) is 23.3 Å². The molecule has 100 valence electrons. The van der Waals surface area contributed by atoms with Crippen LogP contribution in [0.2, 0.25) is 5.02 Å². The number of amides is 1. The molecule has 0 radical (unpaired) electrons. The molecule has 2 aromatic carbocycles. The lowest BCUT2D eigenvalue weighted by molar-refractivity contribution is 0.102. The minimum atomic E-state index is -0.250. The van der Waals surface area contributed by atoms with Gasteiger partial charge in [0.25, 0.3) is 5.91 Å². The van der Waals surface area contributed by atoms with Crippen molar-refractivity contribution < 1.29 is 9.90 Å². The monoisotopic (exact) mass is 286 g/mol. The average molecular weight is 287 g/mol. The van der Waals surface area contributed by atoms with Crippen molar-refractivity contribution >= 4 is 34.1 Å². The molecule has 0 aliphatic heterocycles. The topological polar surface area (TPSA) is 65.1 Å². The van der Waals surface area contributed by atoms with E-state index in [1.165, 1.54) is 12.1 Å². The molecule has 0 unspecified atom stereocenters. The number of nitrogens with one attached hydrogen (secondary N) is 2. The van der Waals surface area contributed by atoms with E-state index >= 15 is 0 Å². The summed E-state index contributed by atoms with van der Waals surface area (Å²) < 4.78 is 0. The Kier molecular flexibility index (Phi) is 3.08. The van der Waals surface area contributed by atoms with Crippen LogP contribution in [0, 0.1) is 0 Å². The predicted octanol–water partition coefficient (Wildman–Crippen LogP) is 3.78. The fourth-order valence-corrected chi connectivity index (χ4v) is 2.18. The van der Waals surface area contributed by atoms with E-state index in [4.69, 9.17) is 11.6 Å². The van der Waals surface area contributed by atoms with E-state index in [-0.39, 0.29) is 16.7 Å². The highest BCUT2D eigenvalue weighted by Gasteiger charge is 2.11. The van der Waals surface area contributed by atoms with Gasteiger partial charge in [0.15, 0.2) is 0 Å². The Morgan fingerprint density at radius 3 is 2.85 bits per heavy atom. The van der Waals surface area contributed by atoms with Crippen LogP contribution in [0.25, 0.3) is 10.9 Å². The maximum Gasteiger partial charge on any atom is 0.257 e. The molecule has 0 aliphatic carbocycles. The van der Waals surface area contributed by atoms with E-state index in [1.54, 1.807) is 18.3 Å². The highest BCUT2D eigenvalue weighted by atomic mass is 35.5. The van der Waals surface area contributed by atoms with E-state index in [9.17, 15) is 9.90 Å². The fraction of sp³-hybridized carbons (Fsp3) is 0. The van der Waals surface area contributed by atoms with Gasteiger partial charge in [0.05, 0.1) is 16.1 Å². The Balaban J connectivity index is 1.93. The second-order valence-electron chi connectivity index (χ2n) is 4.37. The molecular weight excluding hydrogens is 276 g/mol. The molecule has 5 heteroatoms. The van der Waals surface area contributed by atoms with Crippen molar-refractivity contribution in [1.82, 2.24) is 4.98 Å². The molecule has 0 fully saturated rings. The minimum Gasteiger partial charge on any atom is -0.506 e. The third kappa shape index (κ3) is 2.21. The Bertz CT molecular complexity index is 795. The van der Waals surface area contributed by atoms with Gasteiger partial charge < -0.3 is 15.4 Å². The molecular formula is C15H11ClN2O2. The summed E-state index contributed by atoms with van der Waals surface area (Å²) >= 11 is 5.73. The number of hydrogen-bond acceptors (Lipinski definition) is 2. The van der Waals surface area contributed by atoms with Gasteiger partial charge in [-0.3, -0.25) is 4.79 Å². The van der Waals surface area contributed by atoms with Gasteiger partial charge in [-0.25, -0.2) is 0 Å². The van der Waals surface area contributed by atoms with Crippen molar-refractivity contribution in [2.45, 2.75) is 0 Å². The zero-order chi connectivity index (χ0) is 14.1. The number of fused-ring (bicyclic) bond motifs is 1. The second-order valence-corrected chi connectivity index (χ2v) is 4.77. The molecule has 0 bridgehead atoms. The zero-order valence-corrected chi connectivity index (χ0v) is 11.1. The molecule has 0 spiro atoms. The van der Waals surface area contributed by atoms with Gasteiger partial charge in [-0.05, 0) is 24.3 Å². The van der Waals surface area contributed by atoms with E-state index in [1.807, 2.05) is 18.2 Å². The molecule has 0 atom stereocenters. The molecule has 1 amide bonds. The molecule has 3 rings (SSSR count). The van der Waals surface area contributed by atoms with Crippen LogP contribution in [0.1, 0.15) is 10.4 Å². The molecule has 3 N–H and O–H groups in total. The standard InChI is InChI=1S/C15H11ClN2O2/c16-12-5-4-10(8-13(12)19)18-15(20)11-3-1-2-9-6-7-17-14(9)11/h1-8,17,19H,(H,18,20). The number of phenols is 1. The van der Waals surface area contributed by atoms with Gasteiger partial charge in [-0.15, -0.1) is 0 Å². The summed E-state index contributed by atoms with van der Waals surface area (Å²) in [5, 5.41) is 13.5. The summed E-state index contributed by atoms with van der Waals surface area (Å²) in [5.41, 5.74) is 1.81. The number of rotatable bonds is 2. The molecule has 0 saturated carbocycles. The number of phenolic OH excluding ortho intramolecular Hbond substituents is 1. The number of para-hydroxylation sites is 1. The van der Waals surface area contributed by atoms with Gasteiger partial charge in [0.2, 0.25) is 0 Å². The summed E-state index contributed by atoms with van der Waals surface area (Å²) in [5.74, 6) is -0.317. The number of halogens is 1. The number of aromatic amines is 1. The first-order valence-electron chi connectivity index (χ1n) is 6.01. The van der Waals surface area contributed by atoms with Crippen LogP contribution >= 0.6 is 11.6 Å². The smallest absolute Gasteiger partial charge is 0.257 e. The van der Waals surface area contributed by atoms with Crippen LogP contribution in [-0.2, 0) is 0 Å². The van der Waals surface area contributed by atoms with Crippen LogP contribution in [0.5, 0.6) is 5.75 Å². The number of aromatic nitrogens is 1.